The number of rotatable bonds is 7. The van der Waals surface area contributed by atoms with Crippen LogP contribution in [0.3, 0.4) is 0 Å². The molecular weight excluding hydrogens is 434 g/mol. The number of hydrogen-bond donors (Lipinski definition) is 2. The van der Waals surface area contributed by atoms with Gasteiger partial charge in [0.15, 0.2) is 0 Å². The number of carbonyl (C=O) groups is 2. The number of nitrogens with zero attached hydrogens (tertiary/aromatic N) is 4. The second-order valence-electron chi connectivity index (χ2n) is 9.91. The molecule has 9 nitrogen and oxygen atoms in total. The van der Waals surface area contributed by atoms with Crippen LogP contribution < -0.4 is 5.32 Å². The molecule has 4 rings (SSSR count). The molecule has 1 aliphatic carbocycles. The van der Waals surface area contributed by atoms with Crippen LogP contribution in [-0.4, -0.2) is 68.0 Å². The molecule has 2 aromatic carbocycles. The number of likely N-dealkylation sites (tertiary alicyclic amines) is 1. The highest BCUT2D eigenvalue weighted by atomic mass is 16.5. The number of aliphatic carboxylic acids is 1. The highest BCUT2D eigenvalue weighted by Gasteiger charge is 2.50. The van der Waals surface area contributed by atoms with Crippen LogP contribution in [0.1, 0.15) is 29.9 Å². The van der Waals surface area contributed by atoms with Crippen molar-refractivity contribution in [2.45, 2.75) is 24.8 Å². The van der Waals surface area contributed by atoms with Crippen LogP contribution in [0.5, 0.6) is 0 Å². The third-order valence-electron chi connectivity index (χ3n) is 7.10. The van der Waals surface area contributed by atoms with E-state index in [9.17, 15) is 14.7 Å². The Kier molecular flexibility index (Phi) is 6.50. The summed E-state index contributed by atoms with van der Waals surface area (Å²) in [6.45, 7) is 1.44. The Morgan fingerprint density at radius 2 is 1.82 bits per heavy atom. The normalized spacial score (nSPS) is 21.5. The van der Waals surface area contributed by atoms with Gasteiger partial charge in [-0.15, -0.1) is 0 Å². The van der Waals surface area contributed by atoms with E-state index in [1.807, 2.05) is 50.5 Å². The van der Waals surface area contributed by atoms with Crippen molar-refractivity contribution < 1.29 is 23.9 Å². The minimum atomic E-state index is -1.23. The zero-order valence-electron chi connectivity index (χ0n) is 19.5. The topological polar surface area (TPSA) is 124 Å². The second kappa shape index (κ2) is 9.37. The lowest BCUT2D eigenvalue weighted by Gasteiger charge is -2.47. The van der Waals surface area contributed by atoms with E-state index in [2.05, 4.69) is 27.5 Å². The summed E-state index contributed by atoms with van der Waals surface area (Å²) in [6, 6.07) is 14.8. The fraction of sp³-hybridized carbons (Fsp3) is 0.440. The SMILES string of the molecule is C[N+]1(C)CCC[C@](CN=[N+]=[N-])([C@H](NC(=O)OCC2c3ccccc3-c3ccccc32)C(=O)O)C1. The molecule has 0 saturated carbocycles. The number of piperidine rings is 1. The van der Waals surface area contributed by atoms with Gasteiger partial charge in [-0.1, -0.05) is 53.6 Å². The molecule has 1 saturated heterocycles. The first-order valence-electron chi connectivity index (χ1n) is 11.4. The summed E-state index contributed by atoms with van der Waals surface area (Å²) in [6.07, 6.45) is 0.517. The molecule has 178 valence electrons. The summed E-state index contributed by atoms with van der Waals surface area (Å²) in [5.41, 5.74) is 12.4. The van der Waals surface area contributed by atoms with Gasteiger partial charge in [0.2, 0.25) is 0 Å². The van der Waals surface area contributed by atoms with Crippen LogP contribution in [0.15, 0.2) is 53.6 Å². The first-order valence-corrected chi connectivity index (χ1v) is 11.4. The molecule has 2 atom stereocenters. The predicted octanol–water partition coefficient (Wildman–Crippen LogP) is 4.15. The van der Waals surface area contributed by atoms with Crippen LogP contribution in [0.2, 0.25) is 0 Å². The summed E-state index contributed by atoms with van der Waals surface area (Å²) < 4.78 is 6.17. The molecule has 1 amide bonds. The molecule has 1 aliphatic heterocycles. The summed E-state index contributed by atoms with van der Waals surface area (Å²) in [5.74, 6) is -1.28. The van der Waals surface area contributed by atoms with Crippen molar-refractivity contribution in [1.82, 2.24) is 5.32 Å². The standard InChI is InChI=1S/C25H29N5O4/c1-30(2)13-7-12-25(16-30,15-27-29-26)22(23(31)32)28-24(33)34-14-21-19-10-5-3-8-17(19)18-9-4-6-11-20(18)21/h3-6,8-11,21-22H,7,12-16H2,1-2H3,(H-,28,31,32,33)/p+1/t22-,25-/m1/s1. The molecule has 1 heterocycles. The fourth-order valence-corrected chi connectivity index (χ4v) is 5.73. The smallest absolute Gasteiger partial charge is 0.407 e. The maximum absolute atomic E-state index is 12.9. The van der Waals surface area contributed by atoms with E-state index in [-0.39, 0.29) is 19.1 Å². The number of benzene rings is 2. The van der Waals surface area contributed by atoms with Crippen molar-refractivity contribution in [3.05, 3.63) is 70.1 Å². The van der Waals surface area contributed by atoms with Crippen molar-refractivity contribution in [2.75, 3.05) is 40.3 Å². The van der Waals surface area contributed by atoms with Gasteiger partial charge in [-0.3, -0.25) is 0 Å². The number of alkyl carbamates (subject to hydrolysis) is 1. The van der Waals surface area contributed by atoms with Crippen molar-refractivity contribution in [2.24, 2.45) is 10.5 Å². The molecule has 34 heavy (non-hydrogen) atoms. The number of amides is 1. The molecule has 0 bridgehead atoms. The zero-order chi connectivity index (χ0) is 24.3. The van der Waals surface area contributed by atoms with Gasteiger partial charge in [-0.25, -0.2) is 9.59 Å². The Bertz CT molecular complexity index is 1100. The number of carboxylic acid groups (broad SMARTS) is 1. The Morgan fingerprint density at radius 3 is 2.38 bits per heavy atom. The maximum atomic E-state index is 12.9. The first-order chi connectivity index (χ1) is 16.3. The maximum Gasteiger partial charge on any atom is 0.407 e. The van der Waals surface area contributed by atoms with Gasteiger partial charge in [0.1, 0.15) is 12.6 Å². The average molecular weight is 465 g/mol. The Hall–Kier alpha value is -3.55. The molecule has 2 aliphatic rings. The number of quaternary nitrogens is 1. The quantitative estimate of drug-likeness (QED) is 0.276. The summed E-state index contributed by atoms with van der Waals surface area (Å²) in [7, 11) is 4.02. The van der Waals surface area contributed by atoms with Crippen LogP contribution in [0.4, 0.5) is 4.79 Å². The van der Waals surface area contributed by atoms with Crippen molar-refractivity contribution >= 4 is 12.1 Å². The van der Waals surface area contributed by atoms with E-state index >= 15 is 0 Å². The Balaban J connectivity index is 1.52. The van der Waals surface area contributed by atoms with Crippen molar-refractivity contribution in [3.63, 3.8) is 0 Å². The Morgan fingerprint density at radius 1 is 1.21 bits per heavy atom. The molecule has 0 aromatic heterocycles. The molecule has 1 fully saturated rings. The van der Waals surface area contributed by atoms with Crippen LogP contribution in [0.25, 0.3) is 21.6 Å². The van der Waals surface area contributed by atoms with Gasteiger partial charge in [-0.2, -0.15) is 0 Å². The number of nitrogens with one attached hydrogen (secondary N) is 1. The molecule has 0 radical (unpaired) electrons. The van der Waals surface area contributed by atoms with E-state index < -0.39 is 23.5 Å². The van der Waals surface area contributed by atoms with Crippen LogP contribution in [0, 0.1) is 5.41 Å². The van der Waals surface area contributed by atoms with Gasteiger partial charge in [0.05, 0.1) is 32.6 Å². The fourth-order valence-electron chi connectivity index (χ4n) is 5.73. The first kappa shape index (κ1) is 23.6. The monoisotopic (exact) mass is 464 g/mol. The lowest BCUT2D eigenvalue weighted by Crippen LogP contribution is -2.64. The van der Waals surface area contributed by atoms with Gasteiger partial charge >= 0.3 is 12.1 Å². The minimum absolute atomic E-state index is 0.00813. The van der Waals surface area contributed by atoms with E-state index in [0.29, 0.717) is 17.4 Å². The highest BCUT2D eigenvalue weighted by Crippen LogP contribution is 2.44. The number of carboxylic acids is 1. The molecule has 0 spiro atoms. The molecule has 0 unspecified atom stereocenters. The number of azide groups is 1. The lowest BCUT2D eigenvalue weighted by atomic mass is 9.73. The second-order valence-corrected chi connectivity index (χ2v) is 9.91. The van der Waals surface area contributed by atoms with Gasteiger partial charge < -0.3 is 19.6 Å². The largest absolute Gasteiger partial charge is 0.480 e. The Labute approximate surface area is 198 Å². The minimum Gasteiger partial charge on any atom is -0.480 e. The third-order valence-corrected chi connectivity index (χ3v) is 7.10. The van der Waals surface area contributed by atoms with E-state index in [1.165, 1.54) is 0 Å². The summed E-state index contributed by atoms with van der Waals surface area (Å²) in [5, 5.41) is 16.3. The van der Waals surface area contributed by atoms with Crippen LogP contribution >= 0.6 is 0 Å². The van der Waals surface area contributed by atoms with E-state index in [4.69, 9.17) is 10.3 Å². The van der Waals surface area contributed by atoms with Gasteiger partial charge in [-0.05, 0) is 40.6 Å². The number of fused-ring (bicyclic) bond motifs is 3. The third kappa shape index (κ3) is 4.58. The zero-order valence-corrected chi connectivity index (χ0v) is 19.5. The van der Waals surface area contributed by atoms with Crippen LogP contribution in [-0.2, 0) is 9.53 Å². The number of ether oxygens (including phenoxy) is 1. The number of hydrogen-bond acceptors (Lipinski definition) is 4. The average Bonchev–Trinajstić information content (AvgIpc) is 3.13. The van der Waals surface area contributed by atoms with Gasteiger partial charge in [0.25, 0.3) is 0 Å². The van der Waals surface area contributed by atoms with Gasteiger partial charge in [0, 0.05) is 17.4 Å². The highest BCUT2D eigenvalue weighted by molar-refractivity contribution is 5.81. The summed E-state index contributed by atoms with van der Waals surface area (Å²) in [4.78, 5) is 28.0. The molecule has 9 heteroatoms. The molecule has 2 aromatic rings. The van der Waals surface area contributed by atoms with E-state index in [0.717, 1.165) is 35.2 Å². The number of carbonyl (C=O) groups excluding carboxylic acids is 1. The molecular formula is C25H30N5O4+. The van der Waals surface area contributed by atoms with Crippen molar-refractivity contribution in [1.29, 1.82) is 0 Å². The lowest BCUT2D eigenvalue weighted by molar-refractivity contribution is -0.902. The van der Waals surface area contributed by atoms with E-state index in [1.54, 1.807) is 0 Å². The molecule has 2 N–H and O–H groups in total. The predicted molar refractivity (Wildman–Crippen MR) is 127 cm³/mol. The van der Waals surface area contributed by atoms with Crippen molar-refractivity contribution in [3.8, 4) is 11.1 Å². The summed E-state index contributed by atoms with van der Waals surface area (Å²) >= 11 is 0.